The first-order chi connectivity index (χ1) is 29.0. The number of hydrogen-bond acceptors (Lipinski definition) is 12. The fourth-order valence-corrected chi connectivity index (χ4v) is 8.51. The monoisotopic (exact) mass is 866 g/mol. The van der Waals surface area contributed by atoms with E-state index in [9.17, 15) is 17.8 Å². The predicted octanol–water partition coefficient (Wildman–Crippen LogP) is 8.53. The number of morpholine rings is 1. The number of carbonyl (C=O) groups is 1. The minimum absolute atomic E-state index is 0.0904. The summed E-state index contributed by atoms with van der Waals surface area (Å²) in [5.74, 6) is 1.77. The van der Waals surface area contributed by atoms with Crippen molar-refractivity contribution in [3.63, 3.8) is 0 Å². The molecule has 4 aromatic carbocycles. The Kier molecular flexibility index (Phi) is 12.8. The maximum absolute atomic E-state index is 13.7. The van der Waals surface area contributed by atoms with Gasteiger partial charge < -0.3 is 29.4 Å². The van der Waals surface area contributed by atoms with Crippen LogP contribution in [0.25, 0.3) is 16.5 Å². The second-order valence-electron chi connectivity index (χ2n) is 16.4. The molecule has 0 saturated carbocycles. The number of amides is 2. The number of urea groups is 1. The third-order valence-electron chi connectivity index (χ3n) is 9.76. The summed E-state index contributed by atoms with van der Waals surface area (Å²) in [4.78, 5) is 24.9. The predicted molar refractivity (Wildman–Crippen MR) is 240 cm³/mol. The molecule has 0 radical (unpaired) electrons. The normalized spacial score (nSPS) is 13.8. The van der Waals surface area contributed by atoms with Crippen LogP contribution in [0.2, 0.25) is 0 Å². The zero-order chi connectivity index (χ0) is 43.4. The zero-order valence-corrected chi connectivity index (χ0v) is 36.8. The maximum Gasteiger partial charge on any atom is 0.324 e. The lowest BCUT2D eigenvalue weighted by Gasteiger charge is -2.26. The van der Waals surface area contributed by atoms with E-state index in [4.69, 9.17) is 19.3 Å². The third kappa shape index (κ3) is 11.5. The van der Waals surface area contributed by atoms with Crippen LogP contribution < -0.4 is 25.4 Å². The maximum atomic E-state index is 13.7. The van der Waals surface area contributed by atoms with Crippen LogP contribution in [0.3, 0.4) is 0 Å². The molecule has 0 unspecified atom stereocenters. The highest BCUT2D eigenvalue weighted by Crippen LogP contribution is 2.41. The Hall–Kier alpha value is -5.80. The quantitative estimate of drug-likeness (QED) is 0.0891. The standard InChI is InChI=1S/C44H51N8O7PS/c1-44(2,3)39-28-40(52(50-39)32-11-9-10-30(24-32)29-60(4,5)54)48-43(53)47-37-14-15-38(36-13-8-7-12-35(36)37)59-41-16-17-45-42(49-41)46-31-25-33(27-34(26-31)61(6,55)56)58-23-20-51-18-21-57-22-19-51/h7-17,24-28H,18-23,29H2,1-6H3,(H,45,46,49)(H2,47,48,53). The molecule has 6 aromatic rings. The van der Waals surface area contributed by atoms with Crippen molar-refractivity contribution in [1.29, 1.82) is 0 Å². The molecule has 3 N–H and O–H groups in total. The highest BCUT2D eigenvalue weighted by Gasteiger charge is 2.23. The molecule has 320 valence electrons. The Morgan fingerprint density at radius 2 is 1.69 bits per heavy atom. The van der Waals surface area contributed by atoms with Crippen molar-refractivity contribution in [3.8, 4) is 23.1 Å². The van der Waals surface area contributed by atoms with Crippen LogP contribution >= 0.6 is 7.14 Å². The molecule has 2 aromatic heterocycles. The number of aromatic nitrogens is 4. The number of benzene rings is 4. The van der Waals surface area contributed by atoms with E-state index < -0.39 is 23.0 Å². The molecule has 1 fully saturated rings. The first-order valence-corrected chi connectivity index (χ1v) is 24.5. The summed E-state index contributed by atoms with van der Waals surface area (Å²) in [7, 11) is -5.88. The summed E-state index contributed by atoms with van der Waals surface area (Å²) in [6, 6.07) is 26.4. The Balaban J connectivity index is 1.08. The lowest BCUT2D eigenvalue weighted by Crippen LogP contribution is -2.38. The molecule has 0 atom stereocenters. The van der Waals surface area contributed by atoms with E-state index in [0.717, 1.165) is 41.7 Å². The number of hydrogen-bond donors (Lipinski definition) is 3. The molecule has 1 aliphatic heterocycles. The summed E-state index contributed by atoms with van der Waals surface area (Å²) in [5.41, 5.74) is 3.13. The van der Waals surface area contributed by atoms with Gasteiger partial charge in [-0.1, -0.05) is 57.2 Å². The van der Waals surface area contributed by atoms with Gasteiger partial charge in [-0.25, -0.2) is 22.9 Å². The van der Waals surface area contributed by atoms with Gasteiger partial charge in [0.2, 0.25) is 11.8 Å². The second-order valence-corrected chi connectivity index (χ2v) is 21.9. The van der Waals surface area contributed by atoms with Crippen LogP contribution in [0.5, 0.6) is 17.4 Å². The molecule has 1 saturated heterocycles. The number of carbonyl (C=O) groups excluding carboxylic acids is 1. The minimum Gasteiger partial charge on any atom is -0.492 e. The summed E-state index contributed by atoms with van der Waals surface area (Å²) in [6.07, 6.45) is 3.13. The minimum atomic E-state index is -3.56. The van der Waals surface area contributed by atoms with Gasteiger partial charge in [0.1, 0.15) is 23.9 Å². The van der Waals surface area contributed by atoms with E-state index in [-0.39, 0.29) is 22.1 Å². The molecular weight excluding hydrogens is 816 g/mol. The fraction of sp³-hybridized carbons (Fsp3) is 0.318. The van der Waals surface area contributed by atoms with Gasteiger partial charge in [-0.15, -0.1) is 0 Å². The molecule has 17 heteroatoms. The largest absolute Gasteiger partial charge is 0.492 e. The van der Waals surface area contributed by atoms with Gasteiger partial charge in [0.15, 0.2) is 9.84 Å². The number of nitrogens with zero attached hydrogens (tertiary/aromatic N) is 5. The van der Waals surface area contributed by atoms with Gasteiger partial charge in [0.05, 0.1) is 42.3 Å². The van der Waals surface area contributed by atoms with Crippen LogP contribution in [-0.2, 0) is 30.7 Å². The topological polar surface area (TPSA) is 179 Å². The van der Waals surface area contributed by atoms with E-state index >= 15 is 0 Å². The van der Waals surface area contributed by atoms with Crippen molar-refractivity contribution < 1.29 is 32.0 Å². The molecule has 15 nitrogen and oxygen atoms in total. The van der Waals surface area contributed by atoms with Crippen LogP contribution in [0, 0.1) is 0 Å². The molecule has 2 amide bonds. The molecule has 7 rings (SSSR count). The summed E-state index contributed by atoms with van der Waals surface area (Å²) < 4.78 is 57.2. The van der Waals surface area contributed by atoms with Gasteiger partial charge in [0, 0.05) is 78.3 Å². The van der Waals surface area contributed by atoms with Crippen LogP contribution in [0.1, 0.15) is 32.0 Å². The van der Waals surface area contributed by atoms with E-state index in [2.05, 4.69) is 51.6 Å². The Bertz CT molecular complexity index is 2710. The molecular formula is C44H51N8O7PS. The van der Waals surface area contributed by atoms with E-state index in [1.807, 2.05) is 54.6 Å². The zero-order valence-electron chi connectivity index (χ0n) is 35.1. The fourth-order valence-electron chi connectivity index (χ4n) is 6.76. The Labute approximate surface area is 356 Å². The van der Waals surface area contributed by atoms with Crippen molar-refractivity contribution in [1.82, 2.24) is 24.6 Å². The molecule has 0 bridgehead atoms. The van der Waals surface area contributed by atoms with Crippen molar-refractivity contribution in [2.45, 2.75) is 37.2 Å². The molecule has 61 heavy (non-hydrogen) atoms. The second kappa shape index (κ2) is 18.0. The van der Waals surface area contributed by atoms with Crippen LogP contribution in [0.15, 0.2) is 102 Å². The third-order valence-corrected chi connectivity index (χ3v) is 12.0. The first kappa shape index (κ1) is 43.3. The van der Waals surface area contributed by atoms with Crippen LogP contribution in [0.4, 0.5) is 27.9 Å². The van der Waals surface area contributed by atoms with E-state index in [1.54, 1.807) is 42.3 Å². The highest BCUT2D eigenvalue weighted by molar-refractivity contribution is 7.90. The van der Waals surface area contributed by atoms with E-state index in [0.29, 0.717) is 66.6 Å². The summed E-state index contributed by atoms with van der Waals surface area (Å²) in [6.45, 7) is 13.7. The lowest BCUT2D eigenvalue weighted by molar-refractivity contribution is 0.0322. The van der Waals surface area contributed by atoms with Gasteiger partial charge in [-0.3, -0.25) is 10.2 Å². The summed E-state index contributed by atoms with van der Waals surface area (Å²) in [5, 5.41) is 15.4. The molecule has 1 aliphatic rings. The average Bonchev–Trinajstić information content (AvgIpc) is 3.63. The number of fused-ring (bicyclic) bond motifs is 1. The number of sulfone groups is 1. The van der Waals surface area contributed by atoms with Gasteiger partial charge in [-0.05, 0) is 55.3 Å². The van der Waals surface area contributed by atoms with Crippen molar-refractivity contribution in [2.24, 2.45) is 0 Å². The molecule has 3 heterocycles. The van der Waals surface area contributed by atoms with Gasteiger partial charge in [0.25, 0.3) is 0 Å². The smallest absolute Gasteiger partial charge is 0.324 e. The summed E-state index contributed by atoms with van der Waals surface area (Å²) >= 11 is 0. The van der Waals surface area contributed by atoms with E-state index in [1.165, 1.54) is 18.3 Å². The number of nitrogens with one attached hydrogen (secondary N) is 3. The number of anilines is 4. The van der Waals surface area contributed by atoms with Crippen LogP contribution in [-0.4, -0.2) is 98.1 Å². The Morgan fingerprint density at radius 3 is 2.43 bits per heavy atom. The van der Waals surface area contributed by atoms with Gasteiger partial charge >= 0.3 is 6.03 Å². The first-order valence-electron chi connectivity index (χ1n) is 19.9. The van der Waals surface area contributed by atoms with Crippen molar-refractivity contribution >= 4 is 56.9 Å². The average molecular weight is 867 g/mol. The highest BCUT2D eigenvalue weighted by atomic mass is 32.2. The van der Waals surface area contributed by atoms with Crippen molar-refractivity contribution in [3.05, 3.63) is 108 Å². The number of rotatable bonds is 14. The molecule has 0 aliphatic carbocycles. The van der Waals surface area contributed by atoms with Crippen molar-refractivity contribution in [2.75, 3.05) is 75.0 Å². The van der Waals surface area contributed by atoms with Gasteiger partial charge in [-0.2, -0.15) is 10.1 Å². The Morgan fingerprint density at radius 1 is 0.918 bits per heavy atom. The SMILES string of the molecule is CC(C)(C)c1cc(NC(=O)Nc2ccc(Oc3ccnc(Nc4cc(OCCN5CCOCC5)cc(S(C)(=O)=O)c4)n3)c3ccccc23)n(-c2cccc(CP(C)(C)=O)c2)n1. The number of ether oxygens (including phenoxy) is 3. The molecule has 0 spiro atoms. The lowest BCUT2D eigenvalue weighted by atomic mass is 9.92.